The van der Waals surface area contributed by atoms with Crippen LogP contribution in [-0.4, -0.2) is 74.7 Å². The molecule has 0 heterocycles. The molecule has 0 fully saturated rings. The van der Waals surface area contributed by atoms with Gasteiger partial charge in [0.1, 0.15) is 0 Å². The molecule has 0 aliphatic heterocycles. The van der Waals surface area contributed by atoms with Gasteiger partial charge < -0.3 is 18.8 Å². The van der Waals surface area contributed by atoms with E-state index in [2.05, 4.69) is 10.8 Å². The first-order chi connectivity index (χ1) is 22.7. The van der Waals surface area contributed by atoms with Crippen LogP contribution in [0.3, 0.4) is 0 Å². The Morgan fingerprint density at radius 3 is 1.67 bits per heavy atom. The van der Waals surface area contributed by atoms with Gasteiger partial charge in [-0.05, 0) is 30.4 Å². The monoisotopic (exact) mass is 750 g/mol. The van der Waals surface area contributed by atoms with Crippen LogP contribution in [-0.2, 0) is 34.5 Å². The van der Waals surface area contributed by atoms with Crippen molar-refractivity contribution in [2.75, 3.05) is 19.8 Å². The lowest BCUT2D eigenvalue weighted by atomic mass is 10.0. The molecule has 0 saturated carbocycles. The van der Waals surface area contributed by atoms with Crippen molar-refractivity contribution in [3.63, 3.8) is 0 Å². The summed E-state index contributed by atoms with van der Waals surface area (Å²) in [5.41, 5.74) is -0.179. The molecule has 49 heavy (non-hydrogen) atoms. The van der Waals surface area contributed by atoms with Crippen LogP contribution in [0.2, 0.25) is 0 Å². The first-order valence-corrected chi connectivity index (χ1v) is 17.8. The van der Waals surface area contributed by atoms with Crippen molar-refractivity contribution in [1.82, 2.24) is 0 Å². The first-order valence-electron chi connectivity index (χ1n) is 14.9. The lowest BCUT2D eigenvalue weighted by Gasteiger charge is -2.29. The number of carbonyl (C=O) groups is 2. The fourth-order valence-corrected chi connectivity index (χ4v) is 5.83. The van der Waals surface area contributed by atoms with E-state index in [-0.39, 0.29) is 29.7 Å². The maximum atomic E-state index is 14.3. The van der Waals surface area contributed by atoms with Gasteiger partial charge in [0.15, 0.2) is 5.75 Å². The van der Waals surface area contributed by atoms with Crippen molar-refractivity contribution >= 4 is 42.9 Å². The maximum Gasteiger partial charge on any atom is 0.450 e. The molecule has 2 aromatic rings. The van der Waals surface area contributed by atoms with Crippen LogP contribution < -0.4 is 4.18 Å². The molecule has 0 unspecified atom stereocenters. The highest BCUT2D eigenvalue weighted by molar-refractivity contribution is 7.88. The number of benzene rings is 2. The highest BCUT2D eigenvalue weighted by Crippen LogP contribution is 2.51. The second-order valence-electron chi connectivity index (χ2n) is 10.8. The van der Waals surface area contributed by atoms with Crippen molar-refractivity contribution in [2.24, 2.45) is 0 Å². The maximum absolute atomic E-state index is 14.3. The highest BCUT2D eigenvalue weighted by atomic mass is 32.2. The number of carbonyl (C=O) groups excluding carboxylic acids is 2. The molecule has 0 bridgehead atoms. The van der Waals surface area contributed by atoms with E-state index < -0.39 is 66.3 Å². The minimum absolute atomic E-state index is 0.000696. The van der Waals surface area contributed by atoms with Crippen LogP contribution in [0, 0.1) is 0 Å². The number of ether oxygens (including phenoxy) is 2. The van der Waals surface area contributed by atoms with Gasteiger partial charge in [0.2, 0.25) is 0 Å². The van der Waals surface area contributed by atoms with E-state index >= 15 is 0 Å². The molecule has 0 radical (unpaired) electrons. The molecule has 0 amide bonds. The molecule has 0 spiro atoms. The van der Waals surface area contributed by atoms with Crippen LogP contribution in [0.1, 0.15) is 74.6 Å². The Bertz CT molecular complexity index is 1680. The van der Waals surface area contributed by atoms with Gasteiger partial charge in [-0.1, -0.05) is 82.2 Å². The first kappa shape index (κ1) is 41.7. The summed E-state index contributed by atoms with van der Waals surface area (Å²) in [7, 11) is -14.3. The van der Waals surface area contributed by atoms with Gasteiger partial charge in [0.25, 0.3) is 0 Å². The molecule has 0 atom stereocenters. The highest BCUT2D eigenvalue weighted by Gasteiger charge is 2.83. The van der Waals surface area contributed by atoms with Crippen molar-refractivity contribution < 1.29 is 76.1 Å². The molecule has 2 aromatic carbocycles. The largest absolute Gasteiger partial charge is 0.462 e. The van der Waals surface area contributed by atoms with Crippen molar-refractivity contribution in [3.05, 3.63) is 54.1 Å². The number of hydrogen-bond acceptors (Lipinski definition) is 10. The summed E-state index contributed by atoms with van der Waals surface area (Å²) in [6.45, 7) is 3.21. The van der Waals surface area contributed by atoms with Gasteiger partial charge in [0.05, 0.1) is 31.0 Å². The molecule has 0 saturated heterocycles. The number of esters is 2. The fourth-order valence-electron chi connectivity index (χ4n) is 4.38. The number of unbranched alkanes of at least 4 members (excludes halogenated alkanes) is 9. The molecule has 11 nitrogen and oxygen atoms in total. The summed E-state index contributed by atoms with van der Waals surface area (Å²) in [6, 6.07) is 6.35. The topological polar surface area (TPSA) is 171 Å². The van der Waals surface area contributed by atoms with Crippen LogP contribution in [0.5, 0.6) is 5.75 Å². The number of aliphatic hydroxyl groups is 1. The van der Waals surface area contributed by atoms with Gasteiger partial charge in [-0.25, -0.2) is 9.59 Å². The van der Waals surface area contributed by atoms with E-state index in [1.807, 2.05) is 0 Å². The zero-order valence-electron chi connectivity index (χ0n) is 26.0. The number of alkyl halides is 6. The summed E-state index contributed by atoms with van der Waals surface area (Å²) in [6.07, 6.45) is 8.65. The Kier molecular flexibility index (Phi) is 14.9. The number of rotatable bonds is 22. The third-order valence-electron chi connectivity index (χ3n) is 7.16. The average molecular weight is 751 g/mol. The van der Waals surface area contributed by atoms with Crippen LogP contribution in [0.4, 0.5) is 26.3 Å². The van der Waals surface area contributed by atoms with E-state index in [0.29, 0.717) is 18.9 Å². The van der Waals surface area contributed by atoms with E-state index in [9.17, 15) is 52.8 Å². The minimum Gasteiger partial charge on any atom is -0.462 e. The normalized spacial score (nSPS) is 12.9. The predicted molar refractivity (Wildman–Crippen MR) is 164 cm³/mol. The second-order valence-corrected chi connectivity index (χ2v) is 13.9. The molecular weight excluding hydrogens is 714 g/mol. The van der Waals surface area contributed by atoms with E-state index in [0.717, 1.165) is 69.6 Å². The summed E-state index contributed by atoms with van der Waals surface area (Å²) < 4.78 is 152. The number of fused-ring (bicyclic) bond motifs is 1. The third-order valence-corrected chi connectivity index (χ3v) is 9.34. The van der Waals surface area contributed by atoms with Gasteiger partial charge >= 0.3 is 48.6 Å². The number of aliphatic hydroxyl groups excluding tert-OH is 1. The summed E-state index contributed by atoms with van der Waals surface area (Å²) in [5, 5.41) is -5.51. The van der Waals surface area contributed by atoms with E-state index in [1.165, 1.54) is 12.1 Å². The Morgan fingerprint density at radius 2 is 1.16 bits per heavy atom. The zero-order chi connectivity index (χ0) is 37.1. The zero-order valence-corrected chi connectivity index (χ0v) is 27.6. The fraction of sp³-hybridized carbons (Fsp3) is 0.533. The molecule has 0 aromatic heterocycles. The van der Waals surface area contributed by atoms with Gasteiger partial charge in [-0.3, -0.25) is 4.55 Å². The van der Waals surface area contributed by atoms with Crippen molar-refractivity contribution in [3.8, 4) is 5.75 Å². The number of halogens is 6. The van der Waals surface area contributed by atoms with E-state index in [1.54, 1.807) is 0 Å². The summed E-state index contributed by atoms with van der Waals surface area (Å²) in [5.74, 6) is -9.76. The standard InChI is InChI=1S/C30H36F6O11S2/c1-21(20-37)26(38)45-18-10-8-6-4-2-3-5-7-9-11-19-46-27(39)24-16-12-15-23-22(24)14-13-17-25(23)47-49(43,44)30(35,36)28(31,32)29(33,34)48(40,41)42/h12-17,37H,1-11,18-20H2,(H,40,41,42). The molecule has 2 rings (SSSR count). The average Bonchev–Trinajstić information content (AvgIpc) is 3.03. The predicted octanol–water partition coefficient (Wildman–Crippen LogP) is 6.41. The third kappa shape index (κ3) is 10.3. The Labute approximate surface area is 279 Å². The van der Waals surface area contributed by atoms with Crippen molar-refractivity contribution in [2.45, 2.75) is 80.6 Å². The van der Waals surface area contributed by atoms with Crippen LogP contribution >= 0.6 is 0 Å². The quantitative estimate of drug-likeness (QED) is 0.0341. The Balaban J connectivity index is 1.86. The molecule has 19 heteroatoms. The second kappa shape index (κ2) is 17.5. The molecule has 2 N–H and O–H groups in total. The van der Waals surface area contributed by atoms with Crippen LogP contribution in [0.25, 0.3) is 10.8 Å². The van der Waals surface area contributed by atoms with Crippen LogP contribution in [0.15, 0.2) is 48.6 Å². The molecule has 0 aliphatic carbocycles. The lowest BCUT2D eigenvalue weighted by Crippen LogP contribution is -2.61. The van der Waals surface area contributed by atoms with Gasteiger partial charge in [-0.15, -0.1) is 0 Å². The Hall–Kier alpha value is -3.42. The number of hydrogen-bond donors (Lipinski definition) is 2. The van der Waals surface area contributed by atoms with Crippen molar-refractivity contribution in [1.29, 1.82) is 0 Å². The summed E-state index contributed by atoms with van der Waals surface area (Å²) in [4.78, 5) is 24.1. The summed E-state index contributed by atoms with van der Waals surface area (Å²) >= 11 is 0. The smallest absolute Gasteiger partial charge is 0.450 e. The minimum atomic E-state index is -7.20. The molecule has 276 valence electrons. The SMILES string of the molecule is C=C(CO)C(=O)OCCCCCCCCCCCCOC(=O)c1cccc2c(OS(=O)(=O)C(F)(F)C(F)(F)C(F)(F)S(=O)(=O)O)cccc12. The molecular formula is C30H36F6O11S2. The van der Waals surface area contributed by atoms with Gasteiger partial charge in [0, 0.05) is 5.39 Å². The molecule has 0 aliphatic rings. The lowest BCUT2D eigenvalue weighted by molar-refractivity contribution is -0.247. The Morgan fingerprint density at radius 1 is 0.694 bits per heavy atom. The van der Waals surface area contributed by atoms with E-state index in [4.69, 9.17) is 19.1 Å². The van der Waals surface area contributed by atoms with Gasteiger partial charge in [-0.2, -0.15) is 43.2 Å².